The predicted octanol–water partition coefficient (Wildman–Crippen LogP) is 0.399. The number of hydrogen-bond donors (Lipinski definition) is 1. The molecule has 0 bridgehead atoms. The van der Waals surface area contributed by atoms with E-state index in [1.165, 1.54) is 0 Å². The van der Waals surface area contributed by atoms with Crippen molar-refractivity contribution < 1.29 is 9.53 Å². The first-order valence-electron chi connectivity index (χ1n) is 8.18. The number of likely N-dealkylation sites (N-methyl/N-ethyl adjacent to an activating group) is 1. The van der Waals surface area contributed by atoms with E-state index in [0.29, 0.717) is 13.0 Å². The molecule has 1 aromatic heterocycles. The number of carbonyl (C=O) groups excluding carboxylic acids is 1. The number of carbonyl (C=O) groups is 1. The first-order valence-corrected chi connectivity index (χ1v) is 8.18. The minimum absolute atomic E-state index is 0.111. The lowest BCUT2D eigenvalue weighted by molar-refractivity contribution is -0.130. The molecule has 0 radical (unpaired) electrons. The molecule has 0 spiro atoms. The lowest BCUT2D eigenvalue weighted by Crippen LogP contribution is -2.43. The van der Waals surface area contributed by atoms with E-state index < -0.39 is 0 Å². The second-order valence-electron chi connectivity index (χ2n) is 5.84. The third-order valence-electron chi connectivity index (χ3n) is 4.29. The average molecular weight is 321 g/mol. The highest BCUT2D eigenvalue weighted by Gasteiger charge is 2.18. The molecule has 1 aromatic rings. The highest BCUT2D eigenvalue weighted by Crippen LogP contribution is 2.13. The molecule has 2 N–H and O–H groups in total. The van der Waals surface area contributed by atoms with Crippen LogP contribution in [0.25, 0.3) is 0 Å². The van der Waals surface area contributed by atoms with E-state index in [9.17, 15) is 4.79 Å². The van der Waals surface area contributed by atoms with Crippen LogP contribution in [0.2, 0.25) is 0 Å². The summed E-state index contributed by atoms with van der Waals surface area (Å²) >= 11 is 0. The second kappa shape index (κ2) is 8.21. The Hall–Kier alpha value is -1.73. The Bertz CT molecular complexity index is 520. The van der Waals surface area contributed by atoms with Crippen LogP contribution < -0.4 is 5.73 Å². The number of nitrogens with two attached hydrogens (primary N) is 1. The number of ether oxygens (including phenoxy) is 1. The van der Waals surface area contributed by atoms with Crippen LogP contribution in [0, 0.1) is 13.8 Å². The lowest BCUT2D eigenvalue weighted by Gasteiger charge is -2.29. The summed E-state index contributed by atoms with van der Waals surface area (Å²) < 4.78 is 5.35. The standard InChI is InChI=1S/C16H27N5O2/c1-4-21(6-5-20-7-9-23-10-8-20)15(22)11-14-12(2)18-16(17)19-13(14)3/h4-11H2,1-3H3,(H2,17,18,19). The van der Waals surface area contributed by atoms with Crippen molar-refractivity contribution in [1.29, 1.82) is 0 Å². The van der Waals surface area contributed by atoms with E-state index >= 15 is 0 Å². The molecule has 1 aliphatic rings. The molecular formula is C16H27N5O2. The summed E-state index contributed by atoms with van der Waals surface area (Å²) in [6, 6.07) is 0. The zero-order valence-electron chi connectivity index (χ0n) is 14.3. The highest BCUT2D eigenvalue weighted by molar-refractivity contribution is 5.79. The summed E-state index contributed by atoms with van der Waals surface area (Å²) in [5.41, 5.74) is 8.10. The van der Waals surface area contributed by atoms with Gasteiger partial charge in [-0.05, 0) is 20.8 Å². The summed E-state index contributed by atoms with van der Waals surface area (Å²) in [5, 5.41) is 0. The molecule has 0 aliphatic carbocycles. The molecule has 0 saturated carbocycles. The van der Waals surface area contributed by atoms with Crippen LogP contribution in [0.1, 0.15) is 23.9 Å². The molecule has 0 unspecified atom stereocenters. The fourth-order valence-electron chi connectivity index (χ4n) is 2.83. The topological polar surface area (TPSA) is 84.6 Å². The second-order valence-corrected chi connectivity index (χ2v) is 5.84. The SMILES string of the molecule is CCN(CCN1CCOCC1)C(=O)Cc1c(C)nc(N)nc1C. The van der Waals surface area contributed by atoms with E-state index in [1.807, 2.05) is 25.7 Å². The normalized spacial score (nSPS) is 15.6. The molecule has 0 aromatic carbocycles. The summed E-state index contributed by atoms with van der Waals surface area (Å²) in [7, 11) is 0. The maximum atomic E-state index is 12.6. The molecule has 1 saturated heterocycles. The average Bonchev–Trinajstić information content (AvgIpc) is 2.52. The van der Waals surface area contributed by atoms with Gasteiger partial charge in [0.15, 0.2) is 0 Å². The van der Waals surface area contributed by atoms with Gasteiger partial charge in [-0.15, -0.1) is 0 Å². The van der Waals surface area contributed by atoms with Gasteiger partial charge >= 0.3 is 0 Å². The Morgan fingerprint density at radius 3 is 2.43 bits per heavy atom. The van der Waals surface area contributed by atoms with Crippen LogP contribution in [0.5, 0.6) is 0 Å². The van der Waals surface area contributed by atoms with Gasteiger partial charge < -0.3 is 15.4 Å². The molecule has 23 heavy (non-hydrogen) atoms. The first-order chi connectivity index (χ1) is 11.0. The van der Waals surface area contributed by atoms with E-state index in [4.69, 9.17) is 10.5 Å². The van der Waals surface area contributed by atoms with Gasteiger partial charge in [-0.2, -0.15) is 0 Å². The number of morpholine rings is 1. The largest absolute Gasteiger partial charge is 0.379 e. The maximum Gasteiger partial charge on any atom is 0.227 e. The van der Waals surface area contributed by atoms with Crippen molar-refractivity contribution in [2.24, 2.45) is 0 Å². The number of nitrogens with zero attached hydrogens (tertiary/aromatic N) is 4. The summed E-state index contributed by atoms with van der Waals surface area (Å²) in [5.74, 6) is 0.371. The summed E-state index contributed by atoms with van der Waals surface area (Å²) in [6.07, 6.45) is 0.328. The smallest absolute Gasteiger partial charge is 0.227 e. The van der Waals surface area contributed by atoms with Crippen LogP contribution in [0.4, 0.5) is 5.95 Å². The van der Waals surface area contributed by atoms with Gasteiger partial charge in [-0.25, -0.2) is 9.97 Å². The van der Waals surface area contributed by atoms with Gasteiger partial charge in [-0.3, -0.25) is 9.69 Å². The number of hydrogen-bond acceptors (Lipinski definition) is 6. The van der Waals surface area contributed by atoms with Crippen molar-refractivity contribution in [2.75, 3.05) is 51.7 Å². The third-order valence-corrected chi connectivity index (χ3v) is 4.29. The van der Waals surface area contributed by atoms with Crippen LogP contribution in [0.15, 0.2) is 0 Å². The Kier molecular flexibility index (Phi) is 6.29. The van der Waals surface area contributed by atoms with Gasteiger partial charge in [0.05, 0.1) is 19.6 Å². The van der Waals surface area contributed by atoms with Crippen LogP contribution in [0.3, 0.4) is 0 Å². The molecule has 2 heterocycles. The number of nitrogen functional groups attached to an aromatic ring is 1. The highest BCUT2D eigenvalue weighted by atomic mass is 16.5. The quantitative estimate of drug-likeness (QED) is 0.816. The fourth-order valence-corrected chi connectivity index (χ4v) is 2.83. The number of aryl methyl sites for hydroxylation is 2. The molecule has 2 rings (SSSR count). The van der Waals surface area contributed by atoms with Crippen molar-refractivity contribution in [3.05, 3.63) is 17.0 Å². The van der Waals surface area contributed by atoms with Crippen molar-refractivity contribution >= 4 is 11.9 Å². The number of rotatable bonds is 6. The molecule has 7 nitrogen and oxygen atoms in total. The van der Waals surface area contributed by atoms with Gasteiger partial charge in [0.25, 0.3) is 0 Å². The number of amides is 1. The maximum absolute atomic E-state index is 12.6. The molecule has 1 fully saturated rings. The Morgan fingerprint density at radius 1 is 1.26 bits per heavy atom. The lowest BCUT2D eigenvalue weighted by atomic mass is 10.1. The van der Waals surface area contributed by atoms with E-state index in [0.717, 1.165) is 56.3 Å². The zero-order valence-corrected chi connectivity index (χ0v) is 14.3. The van der Waals surface area contributed by atoms with Gasteiger partial charge in [0.2, 0.25) is 11.9 Å². The molecule has 1 aliphatic heterocycles. The van der Waals surface area contributed by atoms with Gasteiger partial charge in [0, 0.05) is 49.7 Å². The minimum atomic E-state index is 0.111. The first kappa shape index (κ1) is 17.6. The zero-order chi connectivity index (χ0) is 16.8. The number of aromatic nitrogens is 2. The molecule has 0 atom stereocenters. The fraction of sp³-hybridized carbons (Fsp3) is 0.688. The van der Waals surface area contributed by atoms with Crippen molar-refractivity contribution in [1.82, 2.24) is 19.8 Å². The predicted molar refractivity (Wildman–Crippen MR) is 89.1 cm³/mol. The van der Waals surface area contributed by atoms with Crippen molar-refractivity contribution in [3.63, 3.8) is 0 Å². The molecule has 128 valence electrons. The van der Waals surface area contributed by atoms with E-state index in [2.05, 4.69) is 14.9 Å². The van der Waals surface area contributed by atoms with E-state index in [1.54, 1.807) is 0 Å². The molecular weight excluding hydrogens is 294 g/mol. The van der Waals surface area contributed by atoms with Crippen LogP contribution >= 0.6 is 0 Å². The van der Waals surface area contributed by atoms with E-state index in [-0.39, 0.29) is 11.9 Å². The van der Waals surface area contributed by atoms with Crippen molar-refractivity contribution in [3.8, 4) is 0 Å². The van der Waals surface area contributed by atoms with Crippen molar-refractivity contribution in [2.45, 2.75) is 27.2 Å². The Morgan fingerprint density at radius 2 is 1.87 bits per heavy atom. The van der Waals surface area contributed by atoms with Crippen LogP contribution in [-0.2, 0) is 16.0 Å². The Labute approximate surface area is 137 Å². The third kappa shape index (κ3) is 4.87. The summed E-state index contributed by atoms with van der Waals surface area (Å²) in [6.45, 7) is 11.5. The van der Waals surface area contributed by atoms with Crippen LogP contribution in [-0.4, -0.2) is 71.6 Å². The number of anilines is 1. The van der Waals surface area contributed by atoms with Gasteiger partial charge in [0.1, 0.15) is 0 Å². The molecule has 1 amide bonds. The Balaban J connectivity index is 1.94. The minimum Gasteiger partial charge on any atom is -0.379 e. The monoisotopic (exact) mass is 321 g/mol. The molecule has 7 heteroatoms. The van der Waals surface area contributed by atoms with Gasteiger partial charge in [-0.1, -0.05) is 0 Å². The summed E-state index contributed by atoms with van der Waals surface area (Å²) in [4.78, 5) is 25.2.